The molecule has 1 N–H and O–H groups in total. The van der Waals surface area contributed by atoms with E-state index in [1.807, 2.05) is 24.9 Å². The van der Waals surface area contributed by atoms with Gasteiger partial charge >= 0.3 is 0 Å². The van der Waals surface area contributed by atoms with Gasteiger partial charge in [0.15, 0.2) is 0 Å². The average Bonchev–Trinajstić information content (AvgIpc) is 2.57. The van der Waals surface area contributed by atoms with E-state index in [4.69, 9.17) is 0 Å². The van der Waals surface area contributed by atoms with Crippen molar-refractivity contribution in [3.63, 3.8) is 0 Å². The third-order valence-corrected chi connectivity index (χ3v) is 3.28. The molecule has 0 saturated carbocycles. The summed E-state index contributed by atoms with van der Waals surface area (Å²) in [6, 6.07) is 2.30. The Balaban J connectivity index is 2.27. The van der Waals surface area contributed by atoms with Crippen LogP contribution in [-0.2, 0) is 7.05 Å². The molecule has 0 radical (unpaired) electrons. The first kappa shape index (κ1) is 12.1. The highest BCUT2D eigenvalue weighted by molar-refractivity contribution is 5.93. The summed E-state index contributed by atoms with van der Waals surface area (Å²) in [7, 11) is 1.82. The zero-order valence-electron chi connectivity index (χ0n) is 10.9. The van der Waals surface area contributed by atoms with E-state index in [0.717, 1.165) is 18.8 Å². The van der Waals surface area contributed by atoms with Crippen LogP contribution in [0.25, 0.3) is 0 Å². The lowest BCUT2D eigenvalue weighted by Crippen LogP contribution is -2.57. The van der Waals surface area contributed by atoms with Crippen molar-refractivity contribution >= 4 is 5.91 Å². The van der Waals surface area contributed by atoms with Crippen LogP contribution in [0.5, 0.6) is 0 Å². The fourth-order valence-electron chi connectivity index (χ4n) is 2.48. The lowest BCUT2D eigenvalue weighted by atomic mass is 10.1. The molecule has 17 heavy (non-hydrogen) atoms. The van der Waals surface area contributed by atoms with Gasteiger partial charge in [-0.3, -0.25) is 9.48 Å². The molecule has 2 rings (SSSR count). The van der Waals surface area contributed by atoms with Crippen LogP contribution < -0.4 is 5.32 Å². The molecule has 0 aromatic carbocycles. The SMILES string of the molecule is Cc1cc(C(=O)N2C(C)CNCC2C)n(C)n1. The summed E-state index contributed by atoms with van der Waals surface area (Å²) in [4.78, 5) is 14.4. The van der Waals surface area contributed by atoms with Crippen LogP contribution in [0.1, 0.15) is 30.0 Å². The molecule has 1 saturated heterocycles. The van der Waals surface area contributed by atoms with Gasteiger partial charge in [0.25, 0.3) is 5.91 Å². The molecule has 0 bridgehead atoms. The maximum atomic E-state index is 12.5. The van der Waals surface area contributed by atoms with Gasteiger partial charge in [0.1, 0.15) is 5.69 Å². The first-order valence-corrected chi connectivity index (χ1v) is 6.04. The Morgan fingerprint density at radius 3 is 2.47 bits per heavy atom. The Hall–Kier alpha value is -1.36. The number of amides is 1. The van der Waals surface area contributed by atoms with E-state index < -0.39 is 0 Å². The van der Waals surface area contributed by atoms with Crippen LogP contribution >= 0.6 is 0 Å². The molecule has 1 amide bonds. The summed E-state index contributed by atoms with van der Waals surface area (Å²) < 4.78 is 1.67. The third-order valence-electron chi connectivity index (χ3n) is 3.28. The number of carbonyl (C=O) groups is 1. The maximum absolute atomic E-state index is 12.5. The second-order valence-corrected chi connectivity index (χ2v) is 4.86. The number of hydrogen-bond acceptors (Lipinski definition) is 3. The van der Waals surface area contributed by atoms with E-state index in [1.54, 1.807) is 4.68 Å². The summed E-state index contributed by atoms with van der Waals surface area (Å²) >= 11 is 0. The third kappa shape index (κ3) is 2.20. The Bertz CT molecular complexity index is 416. The van der Waals surface area contributed by atoms with Crippen LogP contribution in [0.2, 0.25) is 0 Å². The molecule has 2 heterocycles. The number of aromatic nitrogens is 2. The minimum atomic E-state index is 0.0783. The molecule has 1 aromatic heterocycles. The van der Waals surface area contributed by atoms with Crippen LogP contribution in [0.15, 0.2) is 6.07 Å². The van der Waals surface area contributed by atoms with Crippen molar-refractivity contribution in [3.8, 4) is 0 Å². The molecule has 1 aromatic rings. The molecule has 1 aliphatic heterocycles. The predicted octanol–water partition coefficient (Wildman–Crippen LogP) is 0.551. The predicted molar refractivity (Wildman–Crippen MR) is 65.9 cm³/mol. The number of nitrogens with one attached hydrogen (secondary N) is 1. The molecular formula is C12H20N4O. The molecule has 0 spiro atoms. The second-order valence-electron chi connectivity index (χ2n) is 4.86. The van der Waals surface area contributed by atoms with E-state index in [-0.39, 0.29) is 18.0 Å². The molecule has 94 valence electrons. The number of nitrogens with zero attached hydrogens (tertiary/aromatic N) is 3. The highest BCUT2D eigenvalue weighted by Crippen LogP contribution is 2.15. The summed E-state index contributed by atoms with van der Waals surface area (Å²) in [6.07, 6.45) is 0. The number of aryl methyl sites for hydroxylation is 2. The van der Waals surface area contributed by atoms with Crippen LogP contribution in [0.3, 0.4) is 0 Å². The fraction of sp³-hybridized carbons (Fsp3) is 0.667. The van der Waals surface area contributed by atoms with Crippen LogP contribution in [-0.4, -0.2) is 45.8 Å². The topological polar surface area (TPSA) is 50.2 Å². The Labute approximate surface area is 102 Å². The highest BCUT2D eigenvalue weighted by Gasteiger charge is 2.30. The lowest BCUT2D eigenvalue weighted by Gasteiger charge is -2.39. The molecular weight excluding hydrogens is 216 g/mol. The van der Waals surface area contributed by atoms with Crippen molar-refractivity contribution in [1.82, 2.24) is 20.0 Å². The first-order chi connectivity index (χ1) is 8.00. The van der Waals surface area contributed by atoms with E-state index in [9.17, 15) is 4.79 Å². The molecule has 1 aliphatic rings. The van der Waals surface area contributed by atoms with Gasteiger partial charge in [-0.25, -0.2) is 0 Å². The van der Waals surface area contributed by atoms with Crippen molar-refractivity contribution in [2.75, 3.05) is 13.1 Å². The largest absolute Gasteiger partial charge is 0.329 e. The highest BCUT2D eigenvalue weighted by atomic mass is 16.2. The lowest BCUT2D eigenvalue weighted by molar-refractivity contribution is 0.0533. The first-order valence-electron chi connectivity index (χ1n) is 6.04. The van der Waals surface area contributed by atoms with Crippen LogP contribution in [0.4, 0.5) is 0 Å². The number of hydrogen-bond donors (Lipinski definition) is 1. The van der Waals surface area contributed by atoms with Crippen molar-refractivity contribution in [2.45, 2.75) is 32.9 Å². The molecule has 1 fully saturated rings. The number of carbonyl (C=O) groups excluding carboxylic acids is 1. The van der Waals surface area contributed by atoms with E-state index >= 15 is 0 Å². The van der Waals surface area contributed by atoms with Crippen molar-refractivity contribution < 1.29 is 4.79 Å². The Morgan fingerprint density at radius 1 is 1.41 bits per heavy atom. The molecule has 5 heteroatoms. The monoisotopic (exact) mass is 236 g/mol. The van der Waals surface area contributed by atoms with Gasteiger partial charge in [0.05, 0.1) is 5.69 Å². The van der Waals surface area contributed by atoms with Gasteiger partial charge < -0.3 is 10.2 Å². The zero-order valence-corrected chi connectivity index (χ0v) is 10.9. The minimum absolute atomic E-state index is 0.0783. The van der Waals surface area contributed by atoms with Crippen LogP contribution in [0, 0.1) is 6.92 Å². The Morgan fingerprint density at radius 2 is 2.00 bits per heavy atom. The van der Waals surface area contributed by atoms with Gasteiger partial charge in [-0.1, -0.05) is 0 Å². The fourth-order valence-corrected chi connectivity index (χ4v) is 2.48. The standard InChI is InChI=1S/C12H20N4O/c1-8-5-11(15(4)14-8)12(17)16-9(2)6-13-7-10(16)3/h5,9-10,13H,6-7H2,1-4H3. The van der Waals surface area contributed by atoms with Gasteiger partial charge in [0, 0.05) is 32.2 Å². The maximum Gasteiger partial charge on any atom is 0.272 e. The number of piperazine rings is 1. The Kier molecular flexibility index (Phi) is 3.19. The van der Waals surface area contributed by atoms with Crippen molar-refractivity contribution in [3.05, 3.63) is 17.5 Å². The second kappa shape index (κ2) is 4.49. The zero-order chi connectivity index (χ0) is 12.6. The van der Waals surface area contributed by atoms with Gasteiger partial charge in [-0.2, -0.15) is 5.10 Å². The average molecular weight is 236 g/mol. The van der Waals surface area contributed by atoms with Gasteiger partial charge in [-0.05, 0) is 26.8 Å². The smallest absolute Gasteiger partial charge is 0.272 e. The number of rotatable bonds is 1. The summed E-state index contributed by atoms with van der Waals surface area (Å²) in [5.41, 5.74) is 1.55. The molecule has 2 atom stereocenters. The van der Waals surface area contributed by atoms with Gasteiger partial charge in [-0.15, -0.1) is 0 Å². The normalized spacial score (nSPS) is 25.1. The van der Waals surface area contributed by atoms with E-state index in [2.05, 4.69) is 24.3 Å². The van der Waals surface area contributed by atoms with Crippen molar-refractivity contribution in [2.24, 2.45) is 7.05 Å². The minimum Gasteiger partial charge on any atom is -0.329 e. The van der Waals surface area contributed by atoms with E-state index in [0.29, 0.717) is 5.69 Å². The quantitative estimate of drug-likeness (QED) is 0.774. The van der Waals surface area contributed by atoms with E-state index in [1.165, 1.54) is 0 Å². The molecule has 5 nitrogen and oxygen atoms in total. The summed E-state index contributed by atoms with van der Waals surface area (Å²) in [5, 5.41) is 7.55. The summed E-state index contributed by atoms with van der Waals surface area (Å²) in [5.74, 6) is 0.0783. The van der Waals surface area contributed by atoms with Crippen molar-refractivity contribution in [1.29, 1.82) is 0 Å². The van der Waals surface area contributed by atoms with Gasteiger partial charge in [0.2, 0.25) is 0 Å². The molecule has 2 unspecified atom stereocenters. The molecule has 0 aliphatic carbocycles. The summed E-state index contributed by atoms with van der Waals surface area (Å²) in [6.45, 7) is 7.76.